The molecule has 0 spiro atoms. The van der Waals surface area contributed by atoms with Gasteiger partial charge < -0.3 is 25.3 Å². The zero-order valence-electron chi connectivity index (χ0n) is 18.9. The van der Waals surface area contributed by atoms with Crippen LogP contribution in [0.2, 0.25) is 0 Å². The van der Waals surface area contributed by atoms with Crippen LogP contribution in [0.3, 0.4) is 0 Å². The Balaban J connectivity index is 1.87. The smallest absolute Gasteiger partial charge is 0.336 e. The number of hydrogen-bond donors (Lipinski definition) is 3. The van der Waals surface area contributed by atoms with Crippen LogP contribution < -0.4 is 10.5 Å². The number of hydrogen-bond acceptors (Lipinski definition) is 6. The van der Waals surface area contributed by atoms with Crippen molar-refractivity contribution in [3.8, 4) is 11.6 Å². The van der Waals surface area contributed by atoms with Crippen molar-refractivity contribution < 1.29 is 19.7 Å². The van der Waals surface area contributed by atoms with E-state index in [9.17, 15) is 15.0 Å². The number of thioether (sulfide) groups is 1. The number of carboxylic acids is 1. The van der Waals surface area contributed by atoms with Crippen LogP contribution in [0.1, 0.15) is 36.7 Å². The molecular formula is C24H24N4O4S2. The summed E-state index contributed by atoms with van der Waals surface area (Å²) in [4.78, 5) is 12.3. The summed E-state index contributed by atoms with van der Waals surface area (Å²) in [6, 6.07) is 10.7. The number of azo groups is 1. The number of aromatic carboxylic acids is 1. The number of allylic oxidation sites excluding steroid dienone is 1. The Morgan fingerprint density at radius 3 is 2.71 bits per heavy atom. The predicted octanol–water partition coefficient (Wildman–Crippen LogP) is 5.70. The minimum atomic E-state index is -0.964. The normalized spacial score (nSPS) is 14.4. The van der Waals surface area contributed by atoms with Gasteiger partial charge in [0.15, 0.2) is 5.69 Å². The topological polar surface area (TPSA) is 122 Å². The Bertz CT molecular complexity index is 1380. The van der Waals surface area contributed by atoms with Crippen LogP contribution in [-0.2, 0) is 5.54 Å². The predicted molar refractivity (Wildman–Crippen MR) is 137 cm³/mol. The summed E-state index contributed by atoms with van der Waals surface area (Å²) in [5, 5.41) is 29.1. The van der Waals surface area contributed by atoms with Crippen LogP contribution in [0, 0.1) is 0 Å². The Labute approximate surface area is 206 Å². The first-order valence-corrected chi connectivity index (χ1v) is 12.0. The quantitative estimate of drug-likeness (QED) is 0.218. The molecule has 0 bridgehead atoms. The maximum atomic E-state index is 11.6. The lowest BCUT2D eigenvalue weighted by molar-refractivity contribution is 0.0693. The van der Waals surface area contributed by atoms with Gasteiger partial charge in [-0.05, 0) is 62.8 Å². The molecule has 1 aromatic heterocycles. The lowest BCUT2D eigenvalue weighted by Crippen LogP contribution is -2.27. The number of carbonyl (C=O) groups is 1. The highest BCUT2D eigenvalue weighted by molar-refractivity contribution is 7.99. The van der Waals surface area contributed by atoms with Crippen molar-refractivity contribution in [2.75, 3.05) is 12.4 Å². The molecule has 2 heterocycles. The summed E-state index contributed by atoms with van der Waals surface area (Å²) in [7, 11) is 0. The van der Waals surface area contributed by atoms with Crippen molar-refractivity contribution in [3.63, 3.8) is 0 Å². The monoisotopic (exact) mass is 496 g/mol. The zero-order chi connectivity index (χ0) is 24.6. The fraction of sp³-hybridized carbons (Fsp3) is 0.250. The van der Waals surface area contributed by atoms with Crippen LogP contribution in [0.5, 0.6) is 11.6 Å². The molecule has 4 N–H and O–H groups in total. The molecule has 0 saturated carbocycles. The van der Waals surface area contributed by atoms with Crippen LogP contribution in [0.15, 0.2) is 57.6 Å². The molecule has 34 heavy (non-hydrogen) atoms. The van der Waals surface area contributed by atoms with E-state index in [0.717, 1.165) is 16.7 Å². The third kappa shape index (κ3) is 4.26. The van der Waals surface area contributed by atoms with E-state index in [1.807, 2.05) is 39.0 Å². The maximum absolute atomic E-state index is 11.6. The van der Waals surface area contributed by atoms with Gasteiger partial charge in [0, 0.05) is 21.6 Å². The van der Waals surface area contributed by atoms with E-state index < -0.39 is 11.5 Å². The SMILES string of the molecule is CCOc1cc2c3c(c1)c(N=NC(N)=S)c(O)n3C(C)(C)C=C2CSc1ccccc1C(=O)O. The highest BCUT2D eigenvalue weighted by Gasteiger charge is 2.34. The van der Waals surface area contributed by atoms with E-state index in [0.29, 0.717) is 28.4 Å². The van der Waals surface area contributed by atoms with Gasteiger partial charge in [0.2, 0.25) is 11.0 Å². The van der Waals surface area contributed by atoms with E-state index in [2.05, 4.69) is 16.3 Å². The third-order valence-corrected chi connectivity index (χ3v) is 6.70. The number of nitrogens with zero attached hydrogens (tertiary/aromatic N) is 3. The molecule has 4 rings (SSSR count). The first-order valence-electron chi connectivity index (χ1n) is 10.6. The van der Waals surface area contributed by atoms with E-state index in [1.54, 1.807) is 22.8 Å². The first-order chi connectivity index (χ1) is 16.1. The molecule has 0 amide bonds. The fourth-order valence-corrected chi connectivity index (χ4v) is 5.30. The molecule has 8 nitrogen and oxygen atoms in total. The number of thiocarbonyl (C=S) groups is 1. The molecule has 0 saturated heterocycles. The van der Waals surface area contributed by atoms with Crippen LogP contribution in [0.25, 0.3) is 16.5 Å². The average Bonchev–Trinajstić information content (AvgIpc) is 3.06. The second kappa shape index (κ2) is 9.11. The summed E-state index contributed by atoms with van der Waals surface area (Å²) in [5.74, 6) is 0.131. The van der Waals surface area contributed by atoms with Gasteiger partial charge in [-0.25, -0.2) is 4.79 Å². The number of carboxylic acid groups (broad SMARTS) is 1. The lowest BCUT2D eigenvalue weighted by Gasteiger charge is -2.32. The molecular weight excluding hydrogens is 472 g/mol. The van der Waals surface area contributed by atoms with E-state index in [-0.39, 0.29) is 22.2 Å². The number of nitrogens with two attached hydrogens (primary N) is 1. The standard InChI is InChI=1S/C24H24N4O4S2/c1-4-32-14-9-16-13(12-34-18-8-6-5-7-15(18)22(30)31)11-24(2,3)28-20(16)17(10-14)19(21(28)29)26-27-23(25)33/h5-11,29H,4,12H2,1-3H3,(H2,25,33)(H,30,31). The number of aromatic hydroxyl groups is 1. The van der Waals surface area contributed by atoms with Gasteiger partial charge in [0.05, 0.1) is 23.2 Å². The molecule has 10 heteroatoms. The summed E-state index contributed by atoms with van der Waals surface area (Å²) < 4.78 is 7.60. The minimum absolute atomic E-state index is 0.0472. The molecule has 0 atom stereocenters. The minimum Gasteiger partial charge on any atom is -0.494 e. The van der Waals surface area contributed by atoms with Gasteiger partial charge in [0.1, 0.15) is 5.75 Å². The van der Waals surface area contributed by atoms with E-state index >= 15 is 0 Å². The molecule has 0 aliphatic carbocycles. The van der Waals surface area contributed by atoms with Crippen molar-refractivity contribution in [1.82, 2.24) is 4.57 Å². The van der Waals surface area contributed by atoms with Crippen molar-refractivity contribution in [1.29, 1.82) is 0 Å². The molecule has 0 radical (unpaired) electrons. The Morgan fingerprint density at radius 1 is 1.29 bits per heavy atom. The van der Waals surface area contributed by atoms with Gasteiger partial charge in [-0.3, -0.25) is 0 Å². The van der Waals surface area contributed by atoms with Gasteiger partial charge >= 0.3 is 5.97 Å². The summed E-state index contributed by atoms with van der Waals surface area (Å²) in [6.45, 7) is 6.32. The highest BCUT2D eigenvalue weighted by Crippen LogP contribution is 2.50. The van der Waals surface area contributed by atoms with Crippen molar-refractivity contribution in [3.05, 3.63) is 53.6 Å². The van der Waals surface area contributed by atoms with E-state index in [1.165, 1.54) is 11.8 Å². The van der Waals surface area contributed by atoms with Crippen molar-refractivity contribution in [2.45, 2.75) is 31.2 Å². The molecule has 1 aliphatic heterocycles. The van der Waals surface area contributed by atoms with Crippen molar-refractivity contribution >= 4 is 57.2 Å². The third-order valence-electron chi connectivity index (χ3n) is 5.50. The van der Waals surface area contributed by atoms with Crippen LogP contribution in [-0.4, -0.2) is 38.2 Å². The first kappa shape index (κ1) is 23.8. The number of aromatic nitrogens is 1. The Morgan fingerprint density at radius 2 is 2.03 bits per heavy atom. The largest absolute Gasteiger partial charge is 0.494 e. The Kier molecular flexibility index (Phi) is 6.37. The summed E-state index contributed by atoms with van der Waals surface area (Å²) >= 11 is 6.27. The molecule has 2 aromatic carbocycles. The van der Waals surface area contributed by atoms with Gasteiger partial charge in [0.25, 0.3) is 0 Å². The summed E-state index contributed by atoms with van der Waals surface area (Å²) in [5.41, 5.74) is 8.07. The van der Waals surface area contributed by atoms with Gasteiger partial charge in [-0.2, -0.15) is 0 Å². The molecule has 0 unspecified atom stereocenters. The molecule has 3 aromatic rings. The number of rotatable bonds is 7. The van der Waals surface area contributed by atoms with E-state index in [4.69, 9.17) is 22.7 Å². The van der Waals surface area contributed by atoms with Crippen molar-refractivity contribution in [2.24, 2.45) is 16.0 Å². The van der Waals surface area contributed by atoms with Gasteiger partial charge in [-0.15, -0.1) is 22.0 Å². The summed E-state index contributed by atoms with van der Waals surface area (Å²) in [6.07, 6.45) is 2.06. The average molecular weight is 497 g/mol. The lowest BCUT2D eigenvalue weighted by atomic mass is 9.91. The van der Waals surface area contributed by atoms with Gasteiger partial charge in [-0.1, -0.05) is 18.2 Å². The number of benzene rings is 2. The fourth-order valence-electron chi connectivity index (χ4n) is 4.23. The number of ether oxygens (including phenoxy) is 1. The van der Waals surface area contributed by atoms with Crippen LogP contribution in [0.4, 0.5) is 5.69 Å². The highest BCUT2D eigenvalue weighted by atomic mass is 32.2. The molecule has 0 fully saturated rings. The maximum Gasteiger partial charge on any atom is 0.336 e. The van der Waals surface area contributed by atoms with Crippen LogP contribution >= 0.6 is 24.0 Å². The molecule has 176 valence electrons. The zero-order valence-corrected chi connectivity index (χ0v) is 20.5. The second-order valence-electron chi connectivity index (χ2n) is 8.26. The molecule has 1 aliphatic rings. The Hall–Kier alpha value is -3.37. The second-order valence-corrected chi connectivity index (χ2v) is 9.69.